The molecule has 0 aliphatic heterocycles. The largest absolute Gasteiger partial charge is 0.573 e. The van der Waals surface area contributed by atoms with E-state index in [-0.39, 0.29) is 23.7 Å². The lowest BCUT2D eigenvalue weighted by molar-refractivity contribution is -0.386. The summed E-state index contributed by atoms with van der Waals surface area (Å²) in [4.78, 5) is 14.9. The fraction of sp³-hybridized carbons (Fsp3) is 0.105. The fourth-order valence-corrected chi connectivity index (χ4v) is 2.41. The number of benzene rings is 2. The third-order valence-electron chi connectivity index (χ3n) is 3.66. The molecule has 3 aromatic rings. The second-order valence-electron chi connectivity index (χ2n) is 5.64. The Balaban J connectivity index is 1.81. The van der Waals surface area contributed by atoms with Crippen LogP contribution in [0.3, 0.4) is 0 Å². The van der Waals surface area contributed by atoms with Crippen LogP contribution in [-0.2, 0) is 6.61 Å². The number of pyridine rings is 1. The zero-order valence-corrected chi connectivity index (χ0v) is 14.2. The van der Waals surface area contributed by atoms with Crippen LogP contribution in [0.5, 0.6) is 11.5 Å². The molecule has 0 spiro atoms. The standard InChI is InChI=1S/C19H13F3N2O4/c20-19(21,22)28-15-8-6-14(7-9-15)16-10-17(24(25)26)18(11-23-16)27-12-13-4-2-1-3-5-13/h1-11H,12H2. The normalized spacial score (nSPS) is 11.1. The minimum Gasteiger partial charge on any atom is -0.481 e. The van der Waals surface area contributed by atoms with Crippen LogP contribution < -0.4 is 9.47 Å². The molecule has 0 fully saturated rings. The quantitative estimate of drug-likeness (QED) is 0.431. The summed E-state index contributed by atoms with van der Waals surface area (Å²) in [5, 5.41) is 11.4. The molecule has 144 valence electrons. The molecule has 1 heterocycles. The summed E-state index contributed by atoms with van der Waals surface area (Å²) in [7, 11) is 0. The van der Waals surface area contributed by atoms with Crippen LogP contribution in [-0.4, -0.2) is 16.3 Å². The van der Waals surface area contributed by atoms with Crippen LogP contribution in [0.25, 0.3) is 11.3 Å². The Labute approximate surface area is 157 Å². The number of alkyl halides is 3. The predicted octanol–water partition coefficient (Wildman–Crippen LogP) is 5.13. The highest BCUT2D eigenvalue weighted by molar-refractivity contribution is 5.65. The highest BCUT2D eigenvalue weighted by Crippen LogP contribution is 2.32. The van der Waals surface area contributed by atoms with Gasteiger partial charge in [-0.3, -0.25) is 15.1 Å². The monoisotopic (exact) mass is 390 g/mol. The molecule has 28 heavy (non-hydrogen) atoms. The summed E-state index contributed by atoms with van der Waals surface area (Å²) in [5.74, 6) is -0.400. The maximum atomic E-state index is 12.2. The smallest absolute Gasteiger partial charge is 0.481 e. The Morgan fingerprint density at radius 2 is 1.71 bits per heavy atom. The molecule has 0 aliphatic rings. The van der Waals surface area contributed by atoms with Crippen molar-refractivity contribution in [3.8, 4) is 22.8 Å². The van der Waals surface area contributed by atoms with Gasteiger partial charge in [0, 0.05) is 11.6 Å². The second-order valence-corrected chi connectivity index (χ2v) is 5.64. The summed E-state index contributed by atoms with van der Waals surface area (Å²) >= 11 is 0. The van der Waals surface area contributed by atoms with Gasteiger partial charge in [0.05, 0.1) is 16.8 Å². The minimum atomic E-state index is -4.80. The van der Waals surface area contributed by atoms with Crippen LogP contribution >= 0.6 is 0 Å². The Morgan fingerprint density at radius 3 is 2.32 bits per heavy atom. The van der Waals surface area contributed by atoms with Gasteiger partial charge >= 0.3 is 12.0 Å². The minimum absolute atomic E-state index is 0.00497. The molecule has 0 atom stereocenters. The van der Waals surface area contributed by atoms with Crippen LogP contribution in [0.1, 0.15) is 5.56 Å². The van der Waals surface area contributed by atoms with E-state index in [1.807, 2.05) is 30.3 Å². The van der Waals surface area contributed by atoms with Crippen molar-refractivity contribution < 1.29 is 27.6 Å². The van der Waals surface area contributed by atoms with E-state index in [1.54, 1.807) is 0 Å². The van der Waals surface area contributed by atoms with Crippen molar-refractivity contribution >= 4 is 5.69 Å². The first-order valence-corrected chi connectivity index (χ1v) is 7.99. The third kappa shape index (κ3) is 4.97. The number of rotatable bonds is 6. The number of hydrogen-bond acceptors (Lipinski definition) is 5. The molecular formula is C19H13F3N2O4. The van der Waals surface area contributed by atoms with Crippen molar-refractivity contribution in [3.05, 3.63) is 82.5 Å². The van der Waals surface area contributed by atoms with Gasteiger partial charge in [0.25, 0.3) is 0 Å². The Morgan fingerprint density at radius 1 is 1.04 bits per heavy atom. The first-order valence-electron chi connectivity index (χ1n) is 7.99. The number of ether oxygens (including phenoxy) is 2. The maximum Gasteiger partial charge on any atom is 0.573 e. The molecule has 0 radical (unpaired) electrons. The van der Waals surface area contributed by atoms with E-state index in [1.165, 1.54) is 24.4 Å². The van der Waals surface area contributed by atoms with Gasteiger partial charge in [-0.2, -0.15) is 0 Å². The van der Waals surface area contributed by atoms with Crippen LogP contribution in [0.2, 0.25) is 0 Å². The zero-order chi connectivity index (χ0) is 20.1. The van der Waals surface area contributed by atoms with Crippen LogP contribution in [0, 0.1) is 10.1 Å². The van der Waals surface area contributed by atoms with Crippen molar-refractivity contribution in [2.45, 2.75) is 13.0 Å². The molecule has 0 saturated carbocycles. The molecule has 0 unspecified atom stereocenters. The van der Waals surface area contributed by atoms with E-state index in [2.05, 4.69) is 9.72 Å². The van der Waals surface area contributed by atoms with Gasteiger partial charge in [-0.05, 0) is 29.8 Å². The number of hydrogen-bond donors (Lipinski definition) is 0. The SMILES string of the molecule is O=[N+]([O-])c1cc(-c2ccc(OC(F)(F)F)cc2)ncc1OCc1ccccc1. The Kier molecular flexibility index (Phi) is 5.44. The molecule has 1 aromatic heterocycles. The van der Waals surface area contributed by atoms with Crippen molar-refractivity contribution in [2.75, 3.05) is 0 Å². The predicted molar refractivity (Wildman–Crippen MR) is 93.8 cm³/mol. The number of nitrogens with zero attached hydrogens (tertiary/aromatic N) is 2. The Bertz CT molecular complexity index is 961. The lowest BCUT2D eigenvalue weighted by Crippen LogP contribution is -2.16. The van der Waals surface area contributed by atoms with Gasteiger partial charge in [-0.15, -0.1) is 13.2 Å². The van der Waals surface area contributed by atoms with Gasteiger partial charge in [-0.1, -0.05) is 30.3 Å². The van der Waals surface area contributed by atoms with Crippen LogP contribution in [0.15, 0.2) is 66.9 Å². The second kappa shape index (κ2) is 7.95. The molecule has 9 heteroatoms. The molecule has 0 N–H and O–H groups in total. The van der Waals surface area contributed by atoms with Gasteiger partial charge in [0.2, 0.25) is 5.75 Å². The topological polar surface area (TPSA) is 74.5 Å². The van der Waals surface area contributed by atoms with E-state index in [0.29, 0.717) is 5.56 Å². The van der Waals surface area contributed by atoms with E-state index in [0.717, 1.165) is 17.7 Å². The average Bonchev–Trinajstić information content (AvgIpc) is 2.66. The highest BCUT2D eigenvalue weighted by Gasteiger charge is 2.31. The van der Waals surface area contributed by atoms with Crippen molar-refractivity contribution in [2.24, 2.45) is 0 Å². The zero-order valence-electron chi connectivity index (χ0n) is 14.2. The summed E-state index contributed by atoms with van der Waals surface area (Å²) in [6, 6.07) is 15.2. The van der Waals surface area contributed by atoms with Crippen LogP contribution in [0.4, 0.5) is 18.9 Å². The Hall–Kier alpha value is -3.62. The molecule has 0 aliphatic carbocycles. The summed E-state index contributed by atoms with van der Waals surface area (Å²) in [6.07, 6.45) is -3.58. The average molecular weight is 390 g/mol. The molecule has 6 nitrogen and oxygen atoms in total. The maximum absolute atomic E-state index is 12.2. The van der Waals surface area contributed by atoms with Crippen molar-refractivity contribution in [3.63, 3.8) is 0 Å². The van der Waals surface area contributed by atoms with E-state index < -0.39 is 17.0 Å². The van der Waals surface area contributed by atoms with Crippen molar-refractivity contribution in [1.29, 1.82) is 0 Å². The summed E-state index contributed by atoms with van der Waals surface area (Å²) in [5.41, 5.74) is 1.15. The number of halogens is 3. The summed E-state index contributed by atoms with van der Waals surface area (Å²) in [6.45, 7) is 0.131. The molecular weight excluding hydrogens is 377 g/mol. The van der Waals surface area contributed by atoms with Crippen molar-refractivity contribution in [1.82, 2.24) is 4.98 Å². The number of nitro groups is 1. The first-order chi connectivity index (χ1) is 13.3. The van der Waals surface area contributed by atoms with Gasteiger partial charge in [0.1, 0.15) is 12.4 Å². The van der Waals surface area contributed by atoms with Gasteiger partial charge < -0.3 is 9.47 Å². The molecule has 3 rings (SSSR count). The summed E-state index contributed by atoms with van der Waals surface area (Å²) < 4.78 is 46.0. The van der Waals surface area contributed by atoms with Gasteiger partial charge in [0.15, 0.2) is 0 Å². The number of aromatic nitrogens is 1. The first kappa shape index (κ1) is 19.2. The molecule has 0 amide bonds. The molecule has 0 saturated heterocycles. The lowest BCUT2D eigenvalue weighted by atomic mass is 10.1. The highest BCUT2D eigenvalue weighted by atomic mass is 19.4. The van der Waals surface area contributed by atoms with E-state index in [9.17, 15) is 23.3 Å². The van der Waals surface area contributed by atoms with E-state index in [4.69, 9.17) is 4.74 Å². The lowest BCUT2D eigenvalue weighted by Gasteiger charge is -2.10. The fourth-order valence-electron chi connectivity index (χ4n) is 2.41. The third-order valence-corrected chi connectivity index (χ3v) is 3.66. The molecule has 0 bridgehead atoms. The van der Waals surface area contributed by atoms with Gasteiger partial charge in [-0.25, -0.2) is 0 Å². The molecule has 2 aromatic carbocycles. The van der Waals surface area contributed by atoms with E-state index >= 15 is 0 Å².